The monoisotopic (exact) mass is 221 g/mol. The third-order valence-corrected chi connectivity index (χ3v) is 2.79. The van der Waals surface area contributed by atoms with Crippen LogP contribution in [-0.2, 0) is 11.3 Å². The van der Waals surface area contributed by atoms with Gasteiger partial charge < -0.3 is 15.2 Å². The van der Waals surface area contributed by atoms with Crippen LogP contribution in [0.25, 0.3) is 0 Å². The molecule has 5 heteroatoms. The molecule has 0 aromatic carbocycles. The van der Waals surface area contributed by atoms with E-state index in [4.69, 9.17) is 20.5 Å². The van der Waals surface area contributed by atoms with Gasteiger partial charge in [-0.05, 0) is 12.8 Å². The summed E-state index contributed by atoms with van der Waals surface area (Å²) in [5.41, 5.74) is 6.78. The lowest BCUT2D eigenvalue weighted by Gasteiger charge is -2.14. The van der Waals surface area contributed by atoms with Crippen molar-refractivity contribution in [1.29, 1.82) is 5.26 Å². The largest absolute Gasteiger partial charge is 0.481 e. The van der Waals surface area contributed by atoms with Crippen molar-refractivity contribution in [3.8, 4) is 11.9 Å². The van der Waals surface area contributed by atoms with Crippen molar-refractivity contribution in [2.75, 3.05) is 19.5 Å². The van der Waals surface area contributed by atoms with E-state index in [1.54, 1.807) is 17.7 Å². The van der Waals surface area contributed by atoms with Crippen molar-refractivity contribution >= 4 is 5.69 Å². The highest BCUT2D eigenvalue weighted by atomic mass is 16.5. The van der Waals surface area contributed by atoms with Crippen LogP contribution in [0.3, 0.4) is 0 Å². The number of aromatic nitrogens is 1. The van der Waals surface area contributed by atoms with Gasteiger partial charge in [-0.2, -0.15) is 5.26 Å². The summed E-state index contributed by atoms with van der Waals surface area (Å²) in [4.78, 5) is 0. The first-order chi connectivity index (χ1) is 7.76. The van der Waals surface area contributed by atoms with Crippen molar-refractivity contribution in [2.24, 2.45) is 0 Å². The Morgan fingerprint density at radius 2 is 2.56 bits per heavy atom. The van der Waals surface area contributed by atoms with Crippen molar-refractivity contribution in [3.63, 3.8) is 0 Å². The lowest BCUT2D eigenvalue weighted by Crippen LogP contribution is -2.16. The lowest BCUT2D eigenvalue weighted by atomic mass is 10.2. The van der Waals surface area contributed by atoms with Gasteiger partial charge in [-0.25, -0.2) is 0 Å². The van der Waals surface area contributed by atoms with E-state index in [-0.39, 0.29) is 6.10 Å². The van der Waals surface area contributed by atoms with Gasteiger partial charge >= 0.3 is 0 Å². The van der Waals surface area contributed by atoms with E-state index in [0.29, 0.717) is 23.8 Å². The quantitative estimate of drug-likeness (QED) is 0.830. The Morgan fingerprint density at radius 3 is 3.12 bits per heavy atom. The standard InChI is InChI=1S/C11H15N3O2/c1-15-11-10(13)5-8(6-12)14(11)7-9-3-2-4-16-9/h5,9H,2-4,7,13H2,1H3. The first-order valence-corrected chi connectivity index (χ1v) is 5.31. The number of rotatable bonds is 3. The highest BCUT2D eigenvalue weighted by Crippen LogP contribution is 2.28. The van der Waals surface area contributed by atoms with E-state index in [2.05, 4.69) is 6.07 Å². The summed E-state index contributed by atoms with van der Waals surface area (Å²) >= 11 is 0. The average Bonchev–Trinajstić information content (AvgIpc) is 2.87. The molecule has 86 valence electrons. The van der Waals surface area contributed by atoms with E-state index in [9.17, 15) is 0 Å². The second kappa shape index (κ2) is 4.45. The minimum absolute atomic E-state index is 0.160. The fraction of sp³-hybridized carbons (Fsp3) is 0.545. The summed E-state index contributed by atoms with van der Waals surface area (Å²) in [5.74, 6) is 0.548. The maximum absolute atomic E-state index is 9.00. The van der Waals surface area contributed by atoms with Gasteiger partial charge in [0.15, 0.2) is 0 Å². The first-order valence-electron chi connectivity index (χ1n) is 5.31. The number of anilines is 1. The van der Waals surface area contributed by atoms with Crippen molar-refractivity contribution in [3.05, 3.63) is 11.8 Å². The zero-order chi connectivity index (χ0) is 11.5. The third kappa shape index (κ3) is 1.84. The second-order valence-corrected chi connectivity index (χ2v) is 3.85. The number of nitriles is 1. The maximum Gasteiger partial charge on any atom is 0.218 e. The molecule has 1 aromatic rings. The molecular formula is C11H15N3O2. The molecule has 0 saturated carbocycles. The Bertz CT molecular complexity index is 414. The Labute approximate surface area is 94.4 Å². The molecule has 1 saturated heterocycles. The molecule has 5 nitrogen and oxygen atoms in total. The minimum atomic E-state index is 0.160. The van der Waals surface area contributed by atoms with Crippen molar-refractivity contribution in [2.45, 2.75) is 25.5 Å². The molecule has 2 rings (SSSR count). The Hall–Kier alpha value is -1.67. The molecule has 1 aliphatic heterocycles. The summed E-state index contributed by atoms with van der Waals surface area (Å²) in [6.07, 6.45) is 2.25. The van der Waals surface area contributed by atoms with E-state index >= 15 is 0 Å². The molecule has 16 heavy (non-hydrogen) atoms. The molecule has 1 aromatic heterocycles. The third-order valence-electron chi connectivity index (χ3n) is 2.79. The zero-order valence-electron chi connectivity index (χ0n) is 9.27. The Balaban J connectivity index is 2.26. The summed E-state index contributed by atoms with van der Waals surface area (Å²) in [6.45, 7) is 1.43. The van der Waals surface area contributed by atoms with E-state index < -0.39 is 0 Å². The van der Waals surface area contributed by atoms with Gasteiger partial charge in [0, 0.05) is 12.7 Å². The van der Waals surface area contributed by atoms with E-state index in [1.165, 1.54) is 0 Å². The predicted octanol–water partition coefficient (Wildman–Crippen LogP) is 1.13. The van der Waals surface area contributed by atoms with E-state index in [1.807, 2.05) is 0 Å². The molecule has 0 radical (unpaired) electrons. The molecule has 0 aliphatic carbocycles. The van der Waals surface area contributed by atoms with Crippen LogP contribution >= 0.6 is 0 Å². The van der Waals surface area contributed by atoms with Gasteiger partial charge in [0.1, 0.15) is 11.8 Å². The maximum atomic E-state index is 9.00. The molecule has 0 spiro atoms. The molecule has 2 heterocycles. The molecule has 1 unspecified atom stereocenters. The summed E-state index contributed by atoms with van der Waals surface area (Å²) in [6, 6.07) is 3.75. The van der Waals surface area contributed by atoms with Crippen LogP contribution in [0.2, 0.25) is 0 Å². The topological polar surface area (TPSA) is 73.2 Å². The average molecular weight is 221 g/mol. The highest BCUT2D eigenvalue weighted by Gasteiger charge is 2.21. The number of methoxy groups -OCH3 is 1. The van der Waals surface area contributed by atoms with Crippen molar-refractivity contribution < 1.29 is 9.47 Å². The van der Waals surface area contributed by atoms with Crippen LogP contribution in [0.15, 0.2) is 6.07 Å². The number of hydrogen-bond donors (Lipinski definition) is 1. The van der Waals surface area contributed by atoms with Crippen LogP contribution < -0.4 is 10.5 Å². The molecule has 2 N–H and O–H groups in total. The number of ether oxygens (including phenoxy) is 2. The molecule has 0 amide bonds. The molecular weight excluding hydrogens is 206 g/mol. The van der Waals surface area contributed by atoms with E-state index in [0.717, 1.165) is 19.4 Å². The van der Waals surface area contributed by atoms with Gasteiger partial charge in [-0.3, -0.25) is 4.57 Å². The number of hydrogen-bond acceptors (Lipinski definition) is 4. The van der Waals surface area contributed by atoms with Gasteiger partial charge in [-0.15, -0.1) is 0 Å². The number of nitrogens with two attached hydrogens (primary N) is 1. The molecule has 1 aliphatic rings. The number of nitrogens with zero attached hydrogens (tertiary/aromatic N) is 2. The van der Waals surface area contributed by atoms with Crippen LogP contribution in [0.1, 0.15) is 18.5 Å². The SMILES string of the molecule is COc1c(N)cc(C#N)n1CC1CCCO1. The van der Waals surface area contributed by atoms with Gasteiger partial charge in [0.05, 0.1) is 25.4 Å². The van der Waals surface area contributed by atoms with Crippen LogP contribution in [0.5, 0.6) is 5.88 Å². The number of nitrogen functional groups attached to an aromatic ring is 1. The minimum Gasteiger partial charge on any atom is -0.481 e. The molecule has 1 atom stereocenters. The van der Waals surface area contributed by atoms with Gasteiger partial charge in [-0.1, -0.05) is 0 Å². The summed E-state index contributed by atoms with van der Waals surface area (Å²) < 4.78 is 12.5. The first kappa shape index (κ1) is 10.8. The summed E-state index contributed by atoms with van der Waals surface area (Å²) in [5, 5.41) is 9.00. The van der Waals surface area contributed by atoms with Crippen LogP contribution in [-0.4, -0.2) is 24.4 Å². The van der Waals surface area contributed by atoms with Crippen molar-refractivity contribution in [1.82, 2.24) is 4.57 Å². The summed E-state index contributed by atoms with van der Waals surface area (Å²) in [7, 11) is 1.55. The second-order valence-electron chi connectivity index (χ2n) is 3.85. The van der Waals surface area contributed by atoms with Gasteiger partial charge in [0.2, 0.25) is 5.88 Å². The molecule has 1 fully saturated rings. The van der Waals surface area contributed by atoms with Crippen LogP contribution in [0.4, 0.5) is 5.69 Å². The normalized spacial score (nSPS) is 19.6. The lowest BCUT2D eigenvalue weighted by molar-refractivity contribution is 0.0948. The Morgan fingerprint density at radius 1 is 1.75 bits per heavy atom. The zero-order valence-corrected chi connectivity index (χ0v) is 9.27. The predicted molar refractivity (Wildman–Crippen MR) is 59.1 cm³/mol. The smallest absolute Gasteiger partial charge is 0.218 e. The van der Waals surface area contributed by atoms with Crippen LogP contribution in [0, 0.1) is 11.3 Å². The Kier molecular flexibility index (Phi) is 3.02. The fourth-order valence-corrected chi connectivity index (χ4v) is 2.05. The molecule has 0 bridgehead atoms. The fourth-order valence-electron chi connectivity index (χ4n) is 2.05. The highest BCUT2D eigenvalue weighted by molar-refractivity contribution is 5.55. The van der Waals surface area contributed by atoms with Gasteiger partial charge in [0.25, 0.3) is 0 Å².